The number of nitriles is 1. The van der Waals surface area contributed by atoms with E-state index in [0.717, 1.165) is 12.0 Å². The standard InChI is InChI=1S/C12H14N6/c1-2-10(14)12(9-4-3-5-15-7-9)18-8-16-11(6-13)17-18/h3-5,7-8,10,12H,2,14H2,1H3. The van der Waals surface area contributed by atoms with E-state index in [9.17, 15) is 0 Å². The lowest BCUT2D eigenvalue weighted by atomic mass is 10.00. The molecule has 0 fully saturated rings. The molecule has 0 aliphatic rings. The molecule has 0 saturated carbocycles. The fraction of sp³-hybridized carbons (Fsp3) is 0.333. The molecule has 0 saturated heterocycles. The van der Waals surface area contributed by atoms with Crippen LogP contribution in [0.5, 0.6) is 0 Å². The summed E-state index contributed by atoms with van der Waals surface area (Å²) in [4.78, 5) is 8.01. The molecule has 2 heterocycles. The second kappa shape index (κ2) is 5.38. The van der Waals surface area contributed by atoms with Gasteiger partial charge >= 0.3 is 0 Å². The Kier molecular flexibility index (Phi) is 3.65. The molecule has 0 radical (unpaired) electrons. The molecule has 0 bridgehead atoms. The number of aromatic nitrogens is 4. The number of hydrogen-bond acceptors (Lipinski definition) is 5. The van der Waals surface area contributed by atoms with Crippen LogP contribution in [-0.2, 0) is 0 Å². The average molecular weight is 242 g/mol. The average Bonchev–Trinajstić information content (AvgIpc) is 2.88. The Bertz CT molecular complexity index is 541. The summed E-state index contributed by atoms with van der Waals surface area (Å²) in [5, 5.41) is 12.9. The maximum absolute atomic E-state index is 8.77. The zero-order chi connectivity index (χ0) is 13.0. The molecule has 0 aliphatic carbocycles. The van der Waals surface area contributed by atoms with Crippen molar-refractivity contribution < 1.29 is 0 Å². The summed E-state index contributed by atoms with van der Waals surface area (Å²) in [6.45, 7) is 2.01. The van der Waals surface area contributed by atoms with E-state index in [0.29, 0.717) is 0 Å². The van der Waals surface area contributed by atoms with Crippen LogP contribution in [0.4, 0.5) is 0 Å². The molecule has 0 amide bonds. The van der Waals surface area contributed by atoms with E-state index in [1.54, 1.807) is 17.1 Å². The molecule has 6 heteroatoms. The molecule has 2 aromatic heterocycles. The normalized spacial score (nSPS) is 13.8. The summed E-state index contributed by atoms with van der Waals surface area (Å²) >= 11 is 0. The molecule has 0 aliphatic heterocycles. The minimum absolute atomic E-state index is 0.109. The Labute approximate surface area is 105 Å². The van der Waals surface area contributed by atoms with Gasteiger partial charge in [-0.15, -0.1) is 5.10 Å². The van der Waals surface area contributed by atoms with E-state index in [4.69, 9.17) is 11.0 Å². The molecule has 6 nitrogen and oxygen atoms in total. The van der Waals surface area contributed by atoms with Gasteiger partial charge in [-0.3, -0.25) is 4.98 Å². The van der Waals surface area contributed by atoms with Crippen molar-refractivity contribution in [2.75, 3.05) is 0 Å². The van der Waals surface area contributed by atoms with Crippen molar-refractivity contribution in [3.05, 3.63) is 42.2 Å². The van der Waals surface area contributed by atoms with E-state index >= 15 is 0 Å². The number of rotatable bonds is 4. The van der Waals surface area contributed by atoms with Crippen molar-refractivity contribution in [1.29, 1.82) is 5.26 Å². The first-order valence-corrected chi connectivity index (χ1v) is 5.73. The molecule has 18 heavy (non-hydrogen) atoms. The highest BCUT2D eigenvalue weighted by atomic mass is 15.4. The second-order valence-corrected chi connectivity index (χ2v) is 3.96. The van der Waals surface area contributed by atoms with E-state index in [2.05, 4.69) is 15.1 Å². The van der Waals surface area contributed by atoms with Crippen LogP contribution in [-0.4, -0.2) is 25.8 Å². The number of pyridine rings is 1. The second-order valence-electron chi connectivity index (χ2n) is 3.96. The maximum Gasteiger partial charge on any atom is 0.252 e. The van der Waals surface area contributed by atoms with E-state index in [1.807, 2.05) is 25.1 Å². The highest BCUT2D eigenvalue weighted by Gasteiger charge is 2.22. The summed E-state index contributed by atoms with van der Waals surface area (Å²) in [7, 11) is 0. The Morgan fingerprint density at radius 2 is 2.39 bits per heavy atom. The SMILES string of the molecule is CCC(N)C(c1cccnc1)n1cnc(C#N)n1. The van der Waals surface area contributed by atoms with Gasteiger partial charge in [-0.1, -0.05) is 13.0 Å². The number of hydrogen-bond donors (Lipinski definition) is 1. The first-order chi connectivity index (χ1) is 8.76. The van der Waals surface area contributed by atoms with Crippen LogP contribution in [0.1, 0.15) is 30.8 Å². The van der Waals surface area contributed by atoms with Crippen molar-refractivity contribution in [3.63, 3.8) is 0 Å². The molecular weight excluding hydrogens is 228 g/mol. The molecule has 2 unspecified atom stereocenters. The molecule has 2 N–H and O–H groups in total. The van der Waals surface area contributed by atoms with Gasteiger partial charge < -0.3 is 5.73 Å². The van der Waals surface area contributed by atoms with Crippen LogP contribution < -0.4 is 5.73 Å². The Morgan fingerprint density at radius 1 is 1.56 bits per heavy atom. The van der Waals surface area contributed by atoms with Crippen LogP contribution in [0.3, 0.4) is 0 Å². The highest BCUT2D eigenvalue weighted by molar-refractivity contribution is 5.17. The van der Waals surface area contributed by atoms with Gasteiger partial charge in [-0.2, -0.15) is 5.26 Å². The molecule has 2 rings (SSSR count). The maximum atomic E-state index is 8.77. The van der Waals surface area contributed by atoms with Gasteiger partial charge in [0.2, 0.25) is 0 Å². The Morgan fingerprint density at radius 3 is 2.94 bits per heavy atom. The zero-order valence-electron chi connectivity index (χ0n) is 10.1. The third kappa shape index (κ3) is 2.36. The van der Waals surface area contributed by atoms with Crippen molar-refractivity contribution in [3.8, 4) is 6.07 Å². The van der Waals surface area contributed by atoms with Crippen molar-refractivity contribution in [2.24, 2.45) is 5.73 Å². The highest BCUT2D eigenvalue weighted by Crippen LogP contribution is 2.20. The van der Waals surface area contributed by atoms with Crippen LogP contribution in [0.15, 0.2) is 30.9 Å². The summed E-state index contributed by atoms with van der Waals surface area (Å²) in [5.74, 6) is 0.146. The fourth-order valence-corrected chi connectivity index (χ4v) is 1.83. The number of nitrogens with zero attached hydrogens (tertiary/aromatic N) is 5. The minimum atomic E-state index is -0.154. The lowest BCUT2D eigenvalue weighted by Crippen LogP contribution is -2.33. The van der Waals surface area contributed by atoms with Gasteiger partial charge in [-0.25, -0.2) is 9.67 Å². The predicted octanol–water partition coefficient (Wildman–Crippen LogP) is 0.871. The topological polar surface area (TPSA) is 93.4 Å². The fourth-order valence-electron chi connectivity index (χ4n) is 1.83. The quantitative estimate of drug-likeness (QED) is 0.858. The van der Waals surface area contributed by atoms with E-state index < -0.39 is 0 Å². The molecule has 2 aromatic rings. The molecular formula is C12H14N6. The Balaban J connectivity index is 2.40. The molecule has 92 valence electrons. The van der Waals surface area contributed by atoms with E-state index in [-0.39, 0.29) is 17.9 Å². The van der Waals surface area contributed by atoms with Crippen LogP contribution in [0.2, 0.25) is 0 Å². The zero-order valence-corrected chi connectivity index (χ0v) is 10.1. The summed E-state index contributed by atoms with van der Waals surface area (Å²) in [6.07, 6.45) is 5.79. The largest absolute Gasteiger partial charge is 0.326 e. The van der Waals surface area contributed by atoms with Gasteiger partial charge in [0.25, 0.3) is 5.82 Å². The molecule has 0 aromatic carbocycles. The van der Waals surface area contributed by atoms with Crippen LogP contribution in [0, 0.1) is 11.3 Å². The predicted molar refractivity (Wildman–Crippen MR) is 65.4 cm³/mol. The third-order valence-electron chi connectivity index (χ3n) is 2.80. The van der Waals surface area contributed by atoms with Crippen molar-refractivity contribution in [1.82, 2.24) is 19.7 Å². The molecule has 0 spiro atoms. The number of nitrogens with two attached hydrogens (primary N) is 1. The summed E-state index contributed by atoms with van der Waals surface area (Å²) in [6, 6.07) is 5.45. The molecule has 2 atom stereocenters. The lowest BCUT2D eigenvalue weighted by molar-refractivity contribution is 0.421. The first-order valence-electron chi connectivity index (χ1n) is 5.73. The van der Waals surface area contributed by atoms with Gasteiger partial charge in [0, 0.05) is 18.4 Å². The minimum Gasteiger partial charge on any atom is -0.326 e. The monoisotopic (exact) mass is 242 g/mol. The smallest absolute Gasteiger partial charge is 0.252 e. The van der Waals surface area contributed by atoms with Crippen molar-refractivity contribution in [2.45, 2.75) is 25.4 Å². The first kappa shape index (κ1) is 12.2. The van der Waals surface area contributed by atoms with Crippen molar-refractivity contribution >= 4 is 0 Å². The van der Waals surface area contributed by atoms with Gasteiger partial charge in [0.05, 0.1) is 6.04 Å². The van der Waals surface area contributed by atoms with Gasteiger partial charge in [-0.05, 0) is 18.1 Å². The van der Waals surface area contributed by atoms with E-state index in [1.165, 1.54) is 6.33 Å². The van der Waals surface area contributed by atoms with Crippen LogP contribution >= 0.6 is 0 Å². The third-order valence-corrected chi connectivity index (χ3v) is 2.80. The van der Waals surface area contributed by atoms with Crippen LogP contribution in [0.25, 0.3) is 0 Å². The van der Waals surface area contributed by atoms with Gasteiger partial charge in [0.1, 0.15) is 12.4 Å². The Hall–Kier alpha value is -2.26. The lowest BCUT2D eigenvalue weighted by Gasteiger charge is -2.22. The summed E-state index contributed by atoms with van der Waals surface area (Å²) < 4.78 is 1.63. The summed E-state index contributed by atoms with van der Waals surface area (Å²) in [5.41, 5.74) is 7.09. The van der Waals surface area contributed by atoms with Gasteiger partial charge in [0.15, 0.2) is 0 Å².